The molecule has 1 aliphatic heterocycles. The summed E-state index contributed by atoms with van der Waals surface area (Å²) in [5.74, 6) is 2.27. The number of amides is 1. The van der Waals surface area contributed by atoms with E-state index in [0.29, 0.717) is 17.9 Å². The number of hydrogen-bond acceptors (Lipinski definition) is 6. The standard InChI is InChI=1S/C21H26N6O2/c1-3-29-17-6-4-16(5-7-17)25-19(28)13-27-21-18(12-24-27)20(22-14-23-21)26-10-8-15(2)9-11-26/h4-7,12,14-15H,3,8-11,13H2,1-2H3,(H,25,28). The molecule has 1 fully saturated rings. The molecule has 4 rings (SSSR count). The van der Waals surface area contributed by atoms with Gasteiger partial charge in [-0.1, -0.05) is 6.92 Å². The van der Waals surface area contributed by atoms with Crippen molar-refractivity contribution in [3.8, 4) is 5.75 Å². The largest absolute Gasteiger partial charge is 0.494 e. The molecule has 3 aromatic rings. The molecule has 2 aromatic heterocycles. The van der Waals surface area contributed by atoms with E-state index in [1.165, 1.54) is 0 Å². The van der Waals surface area contributed by atoms with Gasteiger partial charge in [-0.15, -0.1) is 0 Å². The van der Waals surface area contributed by atoms with Gasteiger partial charge < -0.3 is 15.0 Å². The van der Waals surface area contributed by atoms with Gasteiger partial charge in [-0.2, -0.15) is 5.10 Å². The van der Waals surface area contributed by atoms with Crippen LogP contribution in [-0.2, 0) is 11.3 Å². The van der Waals surface area contributed by atoms with Gasteiger partial charge in [0.25, 0.3) is 0 Å². The van der Waals surface area contributed by atoms with Crippen molar-refractivity contribution >= 4 is 28.4 Å². The fourth-order valence-electron chi connectivity index (χ4n) is 3.61. The lowest BCUT2D eigenvalue weighted by molar-refractivity contribution is -0.116. The predicted molar refractivity (Wildman–Crippen MR) is 112 cm³/mol. The predicted octanol–water partition coefficient (Wildman–Crippen LogP) is 3.10. The Morgan fingerprint density at radius 2 is 1.97 bits per heavy atom. The van der Waals surface area contributed by atoms with Gasteiger partial charge in [-0.05, 0) is 49.9 Å². The van der Waals surface area contributed by atoms with Gasteiger partial charge in [0.05, 0.1) is 18.2 Å². The van der Waals surface area contributed by atoms with Gasteiger partial charge in [0.15, 0.2) is 5.65 Å². The molecule has 0 bridgehead atoms. The first-order chi connectivity index (χ1) is 14.1. The number of ether oxygens (including phenoxy) is 1. The number of benzene rings is 1. The van der Waals surface area contributed by atoms with Crippen LogP contribution in [0.2, 0.25) is 0 Å². The lowest BCUT2D eigenvalue weighted by Gasteiger charge is -2.31. The summed E-state index contributed by atoms with van der Waals surface area (Å²) in [4.78, 5) is 23.6. The Labute approximate surface area is 169 Å². The SMILES string of the molecule is CCOc1ccc(NC(=O)Cn2ncc3c(N4CCC(C)CC4)ncnc32)cc1. The molecule has 0 aliphatic carbocycles. The van der Waals surface area contributed by atoms with E-state index in [1.807, 2.05) is 31.2 Å². The third-order valence-corrected chi connectivity index (χ3v) is 5.24. The Balaban J connectivity index is 1.47. The number of nitrogens with one attached hydrogen (secondary N) is 1. The Morgan fingerprint density at radius 1 is 1.21 bits per heavy atom. The summed E-state index contributed by atoms with van der Waals surface area (Å²) in [6.45, 7) is 6.88. The zero-order valence-corrected chi connectivity index (χ0v) is 16.8. The number of aromatic nitrogens is 4. The molecule has 0 atom stereocenters. The first-order valence-corrected chi connectivity index (χ1v) is 10.1. The average Bonchev–Trinajstić information content (AvgIpc) is 3.13. The highest BCUT2D eigenvalue weighted by Gasteiger charge is 2.21. The lowest BCUT2D eigenvalue weighted by atomic mass is 9.99. The molecule has 0 saturated carbocycles. The van der Waals surface area contributed by atoms with E-state index in [0.717, 1.165) is 48.8 Å². The van der Waals surface area contributed by atoms with Crippen molar-refractivity contribution in [3.63, 3.8) is 0 Å². The highest BCUT2D eigenvalue weighted by atomic mass is 16.5. The Morgan fingerprint density at radius 3 is 2.69 bits per heavy atom. The molecular formula is C21H26N6O2. The maximum absolute atomic E-state index is 12.5. The van der Waals surface area contributed by atoms with E-state index in [4.69, 9.17) is 4.74 Å². The molecule has 152 valence electrons. The number of fused-ring (bicyclic) bond motifs is 1. The molecule has 29 heavy (non-hydrogen) atoms. The summed E-state index contributed by atoms with van der Waals surface area (Å²) in [6.07, 6.45) is 5.62. The second-order valence-corrected chi connectivity index (χ2v) is 7.41. The Kier molecular flexibility index (Phi) is 5.59. The highest BCUT2D eigenvalue weighted by molar-refractivity contribution is 5.92. The molecule has 3 heterocycles. The van der Waals surface area contributed by atoms with Crippen molar-refractivity contribution < 1.29 is 9.53 Å². The fraction of sp³-hybridized carbons (Fsp3) is 0.429. The molecule has 0 unspecified atom stereocenters. The van der Waals surface area contributed by atoms with E-state index in [-0.39, 0.29) is 12.5 Å². The Hall–Kier alpha value is -3.16. The van der Waals surface area contributed by atoms with Crippen LogP contribution in [0.25, 0.3) is 11.0 Å². The summed E-state index contributed by atoms with van der Waals surface area (Å²) in [5.41, 5.74) is 1.39. The zero-order valence-electron chi connectivity index (χ0n) is 16.8. The van der Waals surface area contributed by atoms with Crippen LogP contribution in [0.5, 0.6) is 5.75 Å². The van der Waals surface area contributed by atoms with Gasteiger partial charge in [-0.3, -0.25) is 4.79 Å². The molecule has 8 nitrogen and oxygen atoms in total. The molecule has 1 aliphatic rings. The molecular weight excluding hydrogens is 368 g/mol. The molecule has 0 radical (unpaired) electrons. The molecule has 1 saturated heterocycles. The van der Waals surface area contributed by atoms with Crippen LogP contribution in [0.15, 0.2) is 36.8 Å². The first kappa shape index (κ1) is 19.2. The van der Waals surface area contributed by atoms with Crippen molar-refractivity contribution in [3.05, 3.63) is 36.8 Å². The second kappa shape index (κ2) is 8.46. The van der Waals surface area contributed by atoms with Gasteiger partial charge in [0, 0.05) is 18.8 Å². The van der Waals surface area contributed by atoms with Gasteiger partial charge in [0.1, 0.15) is 24.4 Å². The maximum Gasteiger partial charge on any atom is 0.246 e. The van der Waals surface area contributed by atoms with Crippen molar-refractivity contribution in [2.24, 2.45) is 5.92 Å². The summed E-state index contributed by atoms with van der Waals surface area (Å²) >= 11 is 0. The fourth-order valence-corrected chi connectivity index (χ4v) is 3.61. The van der Waals surface area contributed by atoms with Crippen LogP contribution < -0.4 is 15.0 Å². The summed E-state index contributed by atoms with van der Waals surface area (Å²) in [5, 5.41) is 8.17. The van der Waals surface area contributed by atoms with E-state index in [2.05, 4.69) is 32.2 Å². The van der Waals surface area contributed by atoms with E-state index in [9.17, 15) is 4.79 Å². The first-order valence-electron chi connectivity index (χ1n) is 10.1. The molecule has 1 N–H and O–H groups in total. The smallest absolute Gasteiger partial charge is 0.246 e. The number of carbonyl (C=O) groups is 1. The van der Waals surface area contributed by atoms with E-state index in [1.54, 1.807) is 17.2 Å². The van der Waals surface area contributed by atoms with Crippen LogP contribution in [0.4, 0.5) is 11.5 Å². The molecule has 0 spiro atoms. The van der Waals surface area contributed by atoms with Crippen LogP contribution in [0, 0.1) is 5.92 Å². The average molecular weight is 394 g/mol. The third kappa shape index (κ3) is 4.31. The van der Waals surface area contributed by atoms with Crippen molar-refractivity contribution in [2.75, 3.05) is 29.9 Å². The molecule has 1 amide bonds. The summed E-state index contributed by atoms with van der Waals surface area (Å²) in [7, 11) is 0. The van der Waals surface area contributed by atoms with Gasteiger partial charge >= 0.3 is 0 Å². The second-order valence-electron chi connectivity index (χ2n) is 7.41. The minimum absolute atomic E-state index is 0.0875. The normalized spacial score (nSPS) is 14.9. The van der Waals surface area contributed by atoms with E-state index < -0.39 is 0 Å². The monoisotopic (exact) mass is 394 g/mol. The van der Waals surface area contributed by atoms with Crippen molar-refractivity contribution in [1.82, 2.24) is 19.7 Å². The summed E-state index contributed by atoms with van der Waals surface area (Å²) < 4.78 is 7.04. The minimum Gasteiger partial charge on any atom is -0.494 e. The van der Waals surface area contributed by atoms with Crippen LogP contribution in [0.3, 0.4) is 0 Å². The highest BCUT2D eigenvalue weighted by Crippen LogP contribution is 2.27. The topological polar surface area (TPSA) is 85.2 Å². The van der Waals surface area contributed by atoms with Crippen molar-refractivity contribution in [2.45, 2.75) is 33.2 Å². The van der Waals surface area contributed by atoms with Crippen LogP contribution in [0.1, 0.15) is 26.7 Å². The molecule has 1 aromatic carbocycles. The third-order valence-electron chi connectivity index (χ3n) is 5.24. The number of piperidine rings is 1. The number of rotatable bonds is 6. The van der Waals surface area contributed by atoms with Gasteiger partial charge in [0.2, 0.25) is 5.91 Å². The summed E-state index contributed by atoms with van der Waals surface area (Å²) in [6, 6.07) is 7.31. The van der Waals surface area contributed by atoms with Gasteiger partial charge in [-0.25, -0.2) is 14.6 Å². The minimum atomic E-state index is -0.161. The van der Waals surface area contributed by atoms with E-state index >= 15 is 0 Å². The molecule has 8 heteroatoms. The van der Waals surface area contributed by atoms with Crippen molar-refractivity contribution in [1.29, 1.82) is 0 Å². The number of anilines is 2. The Bertz CT molecular complexity index is 977. The quantitative estimate of drug-likeness (QED) is 0.691. The number of nitrogens with zero attached hydrogens (tertiary/aromatic N) is 5. The maximum atomic E-state index is 12.5. The lowest BCUT2D eigenvalue weighted by Crippen LogP contribution is -2.33. The number of carbonyl (C=O) groups excluding carboxylic acids is 1. The van der Waals surface area contributed by atoms with Crippen LogP contribution >= 0.6 is 0 Å². The zero-order chi connectivity index (χ0) is 20.2. The number of hydrogen-bond donors (Lipinski definition) is 1. The van der Waals surface area contributed by atoms with Crippen LogP contribution in [-0.4, -0.2) is 45.4 Å².